The minimum absolute atomic E-state index is 0.0917. The Morgan fingerprint density at radius 2 is 1.64 bits per heavy atom. The fraction of sp³-hybridized carbons (Fsp3) is 0.167. The Balaban J connectivity index is 1.65. The molecular weight excluding hydrogens is 346 g/mol. The van der Waals surface area contributed by atoms with Crippen LogP contribution in [-0.2, 0) is 6.54 Å². The molecule has 0 spiro atoms. The summed E-state index contributed by atoms with van der Waals surface area (Å²) < 4.78 is 2.21. The van der Waals surface area contributed by atoms with E-state index in [2.05, 4.69) is 35.0 Å². The number of amides is 1. The van der Waals surface area contributed by atoms with Gasteiger partial charge in [0.1, 0.15) is 5.82 Å². The van der Waals surface area contributed by atoms with Crippen LogP contribution in [0.1, 0.15) is 40.3 Å². The lowest BCUT2D eigenvalue weighted by molar-refractivity contribution is 0.0949. The van der Waals surface area contributed by atoms with Gasteiger partial charge in [0.25, 0.3) is 5.91 Å². The fourth-order valence-corrected chi connectivity index (χ4v) is 3.50. The molecule has 28 heavy (non-hydrogen) atoms. The summed E-state index contributed by atoms with van der Waals surface area (Å²) in [6.07, 6.45) is 0. The number of nitrogens with one attached hydrogen (secondary N) is 1. The number of aryl methyl sites for hydroxylation is 1. The molecule has 3 aromatic carbocycles. The van der Waals surface area contributed by atoms with Crippen LogP contribution in [0.5, 0.6) is 0 Å². The Bertz CT molecular complexity index is 1100. The maximum Gasteiger partial charge on any atom is 0.251 e. The molecule has 140 valence electrons. The van der Waals surface area contributed by atoms with E-state index in [1.54, 1.807) is 0 Å². The van der Waals surface area contributed by atoms with Crippen molar-refractivity contribution in [2.24, 2.45) is 0 Å². The lowest BCUT2D eigenvalue weighted by Gasteiger charge is -2.18. The number of carbonyl (C=O) groups is 1. The van der Waals surface area contributed by atoms with Crippen LogP contribution < -0.4 is 5.32 Å². The monoisotopic (exact) mass is 369 g/mol. The van der Waals surface area contributed by atoms with Gasteiger partial charge in [-0.2, -0.15) is 0 Å². The Hall–Kier alpha value is -3.40. The maximum absolute atomic E-state index is 12.5. The number of fused-ring (bicyclic) bond motifs is 1. The average Bonchev–Trinajstić information content (AvgIpc) is 3.11. The van der Waals surface area contributed by atoms with Crippen molar-refractivity contribution in [1.82, 2.24) is 14.9 Å². The molecule has 0 saturated carbocycles. The van der Waals surface area contributed by atoms with Gasteiger partial charge in [0, 0.05) is 5.56 Å². The van der Waals surface area contributed by atoms with E-state index in [9.17, 15) is 4.79 Å². The number of benzene rings is 3. The van der Waals surface area contributed by atoms with Gasteiger partial charge in [-0.3, -0.25) is 4.79 Å². The zero-order valence-electron chi connectivity index (χ0n) is 16.1. The van der Waals surface area contributed by atoms with E-state index in [1.807, 2.05) is 67.6 Å². The third-order valence-corrected chi connectivity index (χ3v) is 5.06. The van der Waals surface area contributed by atoms with Gasteiger partial charge in [0.05, 0.1) is 23.6 Å². The Labute approximate surface area is 164 Å². The van der Waals surface area contributed by atoms with Crippen molar-refractivity contribution in [2.45, 2.75) is 26.4 Å². The standard InChI is InChI=1S/C24H23N3O/c1-17-12-14-20(15-13-17)24(28)25-16-23-26-21-10-6-7-11-22(21)27(23)18(2)19-8-4-3-5-9-19/h3-15,18H,16H2,1-2H3,(H,25,28). The number of hydrogen-bond donors (Lipinski definition) is 1. The summed E-state index contributed by atoms with van der Waals surface area (Å²) in [5, 5.41) is 3.02. The first-order valence-corrected chi connectivity index (χ1v) is 9.49. The van der Waals surface area contributed by atoms with Crippen LogP contribution in [-0.4, -0.2) is 15.5 Å². The molecule has 1 aromatic heterocycles. The van der Waals surface area contributed by atoms with Crippen molar-refractivity contribution < 1.29 is 4.79 Å². The molecule has 0 bridgehead atoms. The summed E-state index contributed by atoms with van der Waals surface area (Å²) in [6.45, 7) is 4.54. The van der Waals surface area contributed by atoms with Crippen molar-refractivity contribution in [3.8, 4) is 0 Å². The molecule has 4 rings (SSSR count). The number of hydrogen-bond acceptors (Lipinski definition) is 2. The third-order valence-electron chi connectivity index (χ3n) is 5.06. The number of aromatic nitrogens is 2. The van der Waals surface area contributed by atoms with Crippen LogP contribution in [0.2, 0.25) is 0 Å². The van der Waals surface area contributed by atoms with Crippen LogP contribution in [0.3, 0.4) is 0 Å². The summed E-state index contributed by atoms with van der Waals surface area (Å²) in [5.74, 6) is 0.754. The molecule has 0 aliphatic heterocycles. The third kappa shape index (κ3) is 3.54. The first-order chi connectivity index (χ1) is 13.6. The van der Waals surface area contributed by atoms with E-state index < -0.39 is 0 Å². The van der Waals surface area contributed by atoms with Crippen LogP contribution in [0.15, 0.2) is 78.9 Å². The summed E-state index contributed by atoms with van der Waals surface area (Å²) in [5.41, 5.74) is 5.00. The van der Waals surface area contributed by atoms with Gasteiger partial charge in [0.15, 0.2) is 0 Å². The lowest BCUT2D eigenvalue weighted by atomic mass is 10.1. The second-order valence-corrected chi connectivity index (χ2v) is 7.02. The van der Waals surface area contributed by atoms with Gasteiger partial charge in [-0.05, 0) is 43.7 Å². The molecular formula is C24H23N3O. The predicted octanol–water partition coefficient (Wildman–Crippen LogP) is 4.88. The normalized spacial score (nSPS) is 12.1. The maximum atomic E-state index is 12.5. The molecule has 1 amide bonds. The van der Waals surface area contributed by atoms with Gasteiger partial charge >= 0.3 is 0 Å². The Morgan fingerprint density at radius 3 is 2.39 bits per heavy atom. The highest BCUT2D eigenvalue weighted by molar-refractivity contribution is 5.94. The van der Waals surface area contributed by atoms with Crippen LogP contribution in [0.25, 0.3) is 11.0 Å². The SMILES string of the molecule is Cc1ccc(C(=O)NCc2nc3ccccc3n2C(C)c2ccccc2)cc1. The molecule has 0 saturated heterocycles. The second-order valence-electron chi connectivity index (χ2n) is 7.02. The zero-order chi connectivity index (χ0) is 19.5. The topological polar surface area (TPSA) is 46.9 Å². The molecule has 0 radical (unpaired) electrons. The molecule has 4 heteroatoms. The summed E-state index contributed by atoms with van der Waals surface area (Å²) in [4.78, 5) is 17.3. The molecule has 4 nitrogen and oxygen atoms in total. The van der Waals surface area contributed by atoms with Crippen molar-refractivity contribution in [1.29, 1.82) is 0 Å². The fourth-order valence-electron chi connectivity index (χ4n) is 3.50. The summed E-state index contributed by atoms with van der Waals surface area (Å²) >= 11 is 0. The van der Waals surface area contributed by atoms with Crippen LogP contribution >= 0.6 is 0 Å². The molecule has 4 aromatic rings. The largest absolute Gasteiger partial charge is 0.345 e. The highest BCUT2D eigenvalue weighted by atomic mass is 16.1. The van der Waals surface area contributed by atoms with E-state index in [0.29, 0.717) is 12.1 Å². The molecule has 0 fully saturated rings. The number of nitrogens with zero attached hydrogens (tertiary/aromatic N) is 2. The van der Waals surface area contributed by atoms with Gasteiger partial charge in [-0.1, -0.05) is 60.2 Å². The highest BCUT2D eigenvalue weighted by Gasteiger charge is 2.17. The van der Waals surface area contributed by atoms with E-state index >= 15 is 0 Å². The van der Waals surface area contributed by atoms with E-state index in [-0.39, 0.29) is 11.9 Å². The highest BCUT2D eigenvalue weighted by Crippen LogP contribution is 2.26. The van der Waals surface area contributed by atoms with Crippen molar-refractivity contribution in [2.75, 3.05) is 0 Å². The van der Waals surface area contributed by atoms with E-state index in [0.717, 1.165) is 22.4 Å². The van der Waals surface area contributed by atoms with Gasteiger partial charge in [-0.25, -0.2) is 4.98 Å². The van der Waals surface area contributed by atoms with Crippen LogP contribution in [0, 0.1) is 6.92 Å². The Kier molecular flexibility index (Phi) is 4.94. The number of rotatable bonds is 5. The summed E-state index contributed by atoms with van der Waals surface area (Å²) in [6, 6.07) is 26.1. The molecule has 1 N–H and O–H groups in total. The zero-order valence-corrected chi connectivity index (χ0v) is 16.1. The Morgan fingerprint density at radius 1 is 0.964 bits per heavy atom. The van der Waals surface area contributed by atoms with Gasteiger partial charge in [-0.15, -0.1) is 0 Å². The minimum Gasteiger partial charge on any atom is -0.345 e. The minimum atomic E-state index is -0.0917. The quantitative estimate of drug-likeness (QED) is 0.545. The first-order valence-electron chi connectivity index (χ1n) is 9.49. The predicted molar refractivity (Wildman–Crippen MR) is 112 cm³/mol. The van der Waals surface area contributed by atoms with Gasteiger partial charge in [0.2, 0.25) is 0 Å². The molecule has 0 aliphatic rings. The molecule has 1 heterocycles. The van der Waals surface area contributed by atoms with E-state index in [4.69, 9.17) is 4.98 Å². The number of imidazole rings is 1. The first kappa shape index (κ1) is 18.0. The van der Waals surface area contributed by atoms with Crippen molar-refractivity contribution in [3.63, 3.8) is 0 Å². The number of para-hydroxylation sites is 2. The molecule has 1 atom stereocenters. The summed E-state index contributed by atoms with van der Waals surface area (Å²) in [7, 11) is 0. The molecule has 1 unspecified atom stereocenters. The van der Waals surface area contributed by atoms with Gasteiger partial charge < -0.3 is 9.88 Å². The smallest absolute Gasteiger partial charge is 0.251 e. The average molecular weight is 369 g/mol. The van der Waals surface area contributed by atoms with E-state index in [1.165, 1.54) is 5.56 Å². The van der Waals surface area contributed by atoms with Crippen molar-refractivity contribution >= 4 is 16.9 Å². The van der Waals surface area contributed by atoms with Crippen molar-refractivity contribution in [3.05, 3.63) is 101 Å². The number of carbonyl (C=O) groups excluding carboxylic acids is 1. The van der Waals surface area contributed by atoms with Crippen LogP contribution in [0.4, 0.5) is 0 Å². The second kappa shape index (κ2) is 7.69. The lowest BCUT2D eigenvalue weighted by Crippen LogP contribution is -2.25. The molecule has 0 aliphatic carbocycles.